The molecule has 0 N–H and O–H groups in total. The predicted molar refractivity (Wildman–Crippen MR) is 41.5 cm³/mol. The summed E-state index contributed by atoms with van der Waals surface area (Å²) in [6, 6.07) is 0. The summed E-state index contributed by atoms with van der Waals surface area (Å²) in [5, 5.41) is 0. The molecule has 0 saturated carbocycles. The Morgan fingerprint density at radius 2 is 1.55 bits per heavy atom. The molecule has 2 rings (SSSR count). The van der Waals surface area contributed by atoms with Crippen LogP contribution in [0.4, 0.5) is 0 Å². The van der Waals surface area contributed by atoms with Gasteiger partial charge in [0.25, 0.3) is 0 Å². The van der Waals surface area contributed by atoms with Crippen LogP contribution in [-0.2, 0) is 9.47 Å². The Morgan fingerprint density at radius 3 is 2.00 bits per heavy atom. The lowest BCUT2D eigenvalue weighted by atomic mass is 9.90. The third kappa shape index (κ3) is 1.02. The van der Waals surface area contributed by atoms with Crippen LogP contribution < -0.4 is 0 Å². The molecule has 2 unspecified atom stereocenters. The van der Waals surface area contributed by atoms with Crippen LogP contribution in [0.1, 0.15) is 13.8 Å². The molecule has 0 aromatic carbocycles. The van der Waals surface area contributed by atoms with Gasteiger partial charge in [0.05, 0.1) is 0 Å². The van der Waals surface area contributed by atoms with Crippen molar-refractivity contribution in [3.8, 4) is 0 Å². The van der Waals surface area contributed by atoms with Crippen LogP contribution in [0, 0.1) is 11.8 Å². The van der Waals surface area contributed by atoms with E-state index in [2.05, 4.69) is 26.0 Å². The zero-order chi connectivity index (χ0) is 7.84. The molecular formula is C9H12O2. The Morgan fingerprint density at radius 1 is 1.09 bits per heavy atom. The van der Waals surface area contributed by atoms with E-state index < -0.39 is 0 Å². The fourth-order valence-electron chi connectivity index (χ4n) is 1.34. The standard InChI is InChI=1S/C9H12O2/c1-6-3-8-9(4-7(6)2)11-5-10-8/h3-4,6-7H,5H2,1-2H3. The van der Waals surface area contributed by atoms with Crippen molar-refractivity contribution in [2.45, 2.75) is 13.8 Å². The van der Waals surface area contributed by atoms with Gasteiger partial charge in [-0.05, 0) is 24.0 Å². The molecule has 0 spiro atoms. The van der Waals surface area contributed by atoms with Crippen molar-refractivity contribution < 1.29 is 9.47 Å². The van der Waals surface area contributed by atoms with E-state index in [0.29, 0.717) is 18.6 Å². The highest BCUT2D eigenvalue weighted by atomic mass is 16.7. The zero-order valence-electron chi connectivity index (χ0n) is 6.83. The third-order valence-corrected chi connectivity index (χ3v) is 2.33. The molecule has 1 aliphatic carbocycles. The quantitative estimate of drug-likeness (QED) is 0.529. The lowest BCUT2D eigenvalue weighted by molar-refractivity contribution is 0.0976. The van der Waals surface area contributed by atoms with Gasteiger partial charge in [-0.25, -0.2) is 0 Å². The van der Waals surface area contributed by atoms with Gasteiger partial charge in [-0.3, -0.25) is 0 Å². The van der Waals surface area contributed by atoms with Gasteiger partial charge in [0.2, 0.25) is 6.79 Å². The maximum absolute atomic E-state index is 5.25. The van der Waals surface area contributed by atoms with Gasteiger partial charge >= 0.3 is 0 Å². The van der Waals surface area contributed by atoms with Crippen molar-refractivity contribution in [1.82, 2.24) is 0 Å². The minimum atomic E-state index is 0.386. The lowest BCUT2D eigenvalue weighted by Gasteiger charge is -2.17. The van der Waals surface area contributed by atoms with E-state index in [1.807, 2.05) is 0 Å². The zero-order valence-corrected chi connectivity index (χ0v) is 6.83. The number of ether oxygens (including phenoxy) is 2. The topological polar surface area (TPSA) is 18.5 Å². The Hall–Kier alpha value is -0.920. The van der Waals surface area contributed by atoms with Gasteiger partial charge in [-0.1, -0.05) is 13.8 Å². The van der Waals surface area contributed by atoms with Crippen molar-refractivity contribution in [2.75, 3.05) is 6.79 Å². The number of rotatable bonds is 0. The highest BCUT2D eigenvalue weighted by molar-refractivity contribution is 5.28. The summed E-state index contributed by atoms with van der Waals surface area (Å²) in [5.41, 5.74) is 0. The van der Waals surface area contributed by atoms with Crippen molar-refractivity contribution in [3.05, 3.63) is 23.7 Å². The van der Waals surface area contributed by atoms with Crippen LogP contribution in [-0.4, -0.2) is 6.79 Å². The fourth-order valence-corrected chi connectivity index (χ4v) is 1.34. The lowest BCUT2D eigenvalue weighted by Crippen LogP contribution is -2.08. The average molecular weight is 152 g/mol. The molecule has 2 aliphatic rings. The molecule has 0 aromatic heterocycles. The maximum Gasteiger partial charge on any atom is 0.231 e. The number of fused-ring (bicyclic) bond motifs is 1. The predicted octanol–water partition coefficient (Wildman–Crippen LogP) is 2.04. The van der Waals surface area contributed by atoms with Gasteiger partial charge in [0.1, 0.15) is 0 Å². The minimum Gasteiger partial charge on any atom is -0.454 e. The Balaban J connectivity index is 2.29. The van der Waals surface area contributed by atoms with Crippen LogP contribution in [0.2, 0.25) is 0 Å². The Labute approximate surface area is 66.5 Å². The molecule has 1 aliphatic heterocycles. The molecule has 11 heavy (non-hydrogen) atoms. The van der Waals surface area contributed by atoms with Crippen LogP contribution in [0.15, 0.2) is 23.7 Å². The van der Waals surface area contributed by atoms with Gasteiger partial charge < -0.3 is 9.47 Å². The maximum atomic E-state index is 5.25. The molecule has 0 bridgehead atoms. The summed E-state index contributed by atoms with van der Waals surface area (Å²) in [4.78, 5) is 0. The summed E-state index contributed by atoms with van der Waals surface area (Å²) < 4.78 is 10.5. The first kappa shape index (κ1) is 6.77. The van der Waals surface area contributed by atoms with Crippen LogP contribution >= 0.6 is 0 Å². The molecule has 2 atom stereocenters. The molecule has 1 heterocycles. The fraction of sp³-hybridized carbons (Fsp3) is 0.556. The van der Waals surface area contributed by atoms with Crippen molar-refractivity contribution >= 4 is 0 Å². The summed E-state index contributed by atoms with van der Waals surface area (Å²) in [5.74, 6) is 2.98. The molecule has 2 nitrogen and oxygen atoms in total. The van der Waals surface area contributed by atoms with E-state index in [0.717, 1.165) is 11.5 Å². The third-order valence-electron chi connectivity index (χ3n) is 2.33. The highest BCUT2D eigenvalue weighted by Crippen LogP contribution is 2.31. The molecule has 1 saturated heterocycles. The van der Waals surface area contributed by atoms with Crippen molar-refractivity contribution in [2.24, 2.45) is 11.8 Å². The second-order valence-electron chi connectivity index (χ2n) is 3.19. The molecule has 1 fully saturated rings. The average Bonchev–Trinajstić information content (AvgIpc) is 2.36. The molecule has 2 heteroatoms. The first-order valence-electron chi connectivity index (χ1n) is 3.97. The molecule has 0 amide bonds. The monoisotopic (exact) mass is 152 g/mol. The van der Waals surface area contributed by atoms with E-state index in [1.54, 1.807) is 0 Å². The van der Waals surface area contributed by atoms with Gasteiger partial charge in [-0.15, -0.1) is 0 Å². The van der Waals surface area contributed by atoms with Crippen LogP contribution in [0.25, 0.3) is 0 Å². The number of hydrogen-bond acceptors (Lipinski definition) is 2. The molecule has 0 aromatic rings. The molecular weight excluding hydrogens is 140 g/mol. The van der Waals surface area contributed by atoms with Crippen LogP contribution in [0.3, 0.4) is 0 Å². The first-order valence-corrected chi connectivity index (χ1v) is 3.97. The summed E-state index contributed by atoms with van der Waals surface area (Å²) >= 11 is 0. The van der Waals surface area contributed by atoms with Gasteiger partial charge in [0, 0.05) is 0 Å². The molecule has 0 radical (unpaired) electrons. The summed E-state index contributed by atoms with van der Waals surface area (Å²) in [7, 11) is 0. The van der Waals surface area contributed by atoms with E-state index >= 15 is 0 Å². The van der Waals surface area contributed by atoms with E-state index in [1.165, 1.54) is 0 Å². The second kappa shape index (κ2) is 2.29. The van der Waals surface area contributed by atoms with Gasteiger partial charge in [-0.2, -0.15) is 0 Å². The minimum absolute atomic E-state index is 0.386. The smallest absolute Gasteiger partial charge is 0.231 e. The number of hydrogen-bond donors (Lipinski definition) is 0. The summed E-state index contributed by atoms with van der Waals surface area (Å²) in [6.45, 7) is 4.76. The van der Waals surface area contributed by atoms with Crippen molar-refractivity contribution in [3.63, 3.8) is 0 Å². The van der Waals surface area contributed by atoms with E-state index in [-0.39, 0.29) is 0 Å². The first-order chi connectivity index (χ1) is 5.27. The normalized spacial score (nSPS) is 34.7. The van der Waals surface area contributed by atoms with E-state index in [9.17, 15) is 0 Å². The Kier molecular flexibility index (Phi) is 1.41. The van der Waals surface area contributed by atoms with Crippen LogP contribution in [0.5, 0.6) is 0 Å². The van der Waals surface area contributed by atoms with Gasteiger partial charge in [0.15, 0.2) is 11.5 Å². The van der Waals surface area contributed by atoms with Crippen molar-refractivity contribution in [1.29, 1.82) is 0 Å². The second-order valence-corrected chi connectivity index (χ2v) is 3.19. The molecule has 60 valence electrons. The number of allylic oxidation sites excluding steroid dienone is 2. The summed E-state index contributed by atoms with van der Waals surface area (Å²) in [6.07, 6.45) is 4.26. The van der Waals surface area contributed by atoms with E-state index in [4.69, 9.17) is 9.47 Å². The Bertz CT molecular complexity index is 204. The highest BCUT2D eigenvalue weighted by Gasteiger charge is 2.24. The SMILES string of the molecule is CC1C=C2OCOC2=CC1C. The largest absolute Gasteiger partial charge is 0.454 e.